The first-order valence-electron chi connectivity index (χ1n) is 8.91. The molecule has 0 radical (unpaired) electrons. The highest BCUT2D eigenvalue weighted by atomic mass is 79.9. The van der Waals surface area contributed by atoms with Crippen molar-refractivity contribution < 1.29 is 19.1 Å². The average Bonchev–Trinajstić information content (AvgIpc) is 2.73. The van der Waals surface area contributed by atoms with E-state index in [9.17, 15) is 9.59 Å². The molecule has 0 bridgehead atoms. The molecule has 0 aliphatic heterocycles. The molecule has 4 nitrogen and oxygen atoms in total. The van der Waals surface area contributed by atoms with Crippen molar-refractivity contribution in [1.29, 1.82) is 0 Å². The van der Waals surface area contributed by atoms with Crippen LogP contribution < -0.4 is 9.47 Å². The number of allylic oxidation sites excluding steroid dienone is 1. The number of methoxy groups -OCH3 is 1. The van der Waals surface area contributed by atoms with Crippen molar-refractivity contribution in [3.8, 4) is 11.5 Å². The number of esters is 1. The molecule has 0 saturated carbocycles. The second kappa shape index (κ2) is 9.34. The van der Waals surface area contributed by atoms with Gasteiger partial charge in [-0.2, -0.15) is 0 Å². The fraction of sp³-hybridized carbons (Fsp3) is 0.0833. The Balaban J connectivity index is 1.68. The first-order chi connectivity index (χ1) is 14.0. The fourth-order valence-corrected chi connectivity index (χ4v) is 3.02. The standard InChI is InChI=1S/C24H19BrO4/c1-16-3-5-18(6-4-16)24(27)29-21-11-7-17(8-12-21)22(26)13-9-19-15-20(25)10-14-23(19)28-2/h3-15H,1-2H3. The Hall–Kier alpha value is -3.18. The van der Waals surface area contributed by atoms with Crippen molar-refractivity contribution in [3.05, 3.63) is 99.5 Å². The van der Waals surface area contributed by atoms with Gasteiger partial charge >= 0.3 is 5.97 Å². The van der Waals surface area contributed by atoms with Gasteiger partial charge in [-0.1, -0.05) is 33.6 Å². The van der Waals surface area contributed by atoms with Crippen LogP contribution in [0.4, 0.5) is 0 Å². The minimum absolute atomic E-state index is 0.163. The Kier molecular flexibility index (Phi) is 6.62. The molecule has 0 aliphatic carbocycles. The molecule has 0 aliphatic rings. The number of benzene rings is 3. The van der Waals surface area contributed by atoms with Crippen LogP contribution >= 0.6 is 15.9 Å². The highest BCUT2D eigenvalue weighted by molar-refractivity contribution is 9.10. The number of halogens is 1. The zero-order chi connectivity index (χ0) is 20.8. The van der Waals surface area contributed by atoms with Gasteiger partial charge in [-0.3, -0.25) is 4.79 Å². The molecule has 29 heavy (non-hydrogen) atoms. The lowest BCUT2D eigenvalue weighted by molar-refractivity contribution is 0.0734. The summed E-state index contributed by atoms with van der Waals surface area (Å²) in [6.07, 6.45) is 3.19. The van der Waals surface area contributed by atoms with E-state index < -0.39 is 5.97 Å². The quantitative estimate of drug-likeness (QED) is 0.203. The first kappa shape index (κ1) is 20.6. The van der Waals surface area contributed by atoms with E-state index in [1.165, 1.54) is 6.08 Å². The number of ketones is 1. The van der Waals surface area contributed by atoms with E-state index in [1.807, 2.05) is 37.3 Å². The maximum Gasteiger partial charge on any atom is 0.343 e. The van der Waals surface area contributed by atoms with Crippen LogP contribution in [0.5, 0.6) is 11.5 Å². The van der Waals surface area contributed by atoms with Crippen LogP contribution in [-0.4, -0.2) is 18.9 Å². The van der Waals surface area contributed by atoms with Crippen LogP contribution in [0.3, 0.4) is 0 Å². The van der Waals surface area contributed by atoms with Gasteiger partial charge in [-0.05, 0) is 73.7 Å². The lowest BCUT2D eigenvalue weighted by Gasteiger charge is -2.06. The van der Waals surface area contributed by atoms with E-state index in [-0.39, 0.29) is 5.78 Å². The number of rotatable bonds is 6. The molecule has 0 N–H and O–H groups in total. The number of hydrogen-bond acceptors (Lipinski definition) is 4. The largest absolute Gasteiger partial charge is 0.496 e. The Labute approximate surface area is 177 Å². The predicted molar refractivity (Wildman–Crippen MR) is 117 cm³/mol. The summed E-state index contributed by atoms with van der Waals surface area (Å²) >= 11 is 3.41. The maximum atomic E-state index is 12.4. The van der Waals surface area contributed by atoms with Gasteiger partial charge in [0.2, 0.25) is 0 Å². The lowest BCUT2D eigenvalue weighted by Crippen LogP contribution is -2.08. The summed E-state index contributed by atoms with van der Waals surface area (Å²) in [6.45, 7) is 1.95. The molecule has 0 spiro atoms. The van der Waals surface area contributed by atoms with Crippen molar-refractivity contribution in [2.75, 3.05) is 7.11 Å². The predicted octanol–water partition coefficient (Wildman–Crippen LogP) is 5.88. The summed E-state index contributed by atoms with van der Waals surface area (Å²) in [4.78, 5) is 24.6. The van der Waals surface area contributed by atoms with Crippen LogP contribution in [0.2, 0.25) is 0 Å². The fourth-order valence-electron chi connectivity index (χ4n) is 2.64. The lowest BCUT2D eigenvalue weighted by atomic mass is 10.1. The smallest absolute Gasteiger partial charge is 0.343 e. The minimum Gasteiger partial charge on any atom is -0.496 e. The summed E-state index contributed by atoms with van der Waals surface area (Å²) in [5.74, 6) is 0.453. The number of aryl methyl sites for hydroxylation is 1. The first-order valence-corrected chi connectivity index (χ1v) is 9.70. The maximum absolute atomic E-state index is 12.4. The zero-order valence-electron chi connectivity index (χ0n) is 16.0. The number of hydrogen-bond donors (Lipinski definition) is 0. The summed E-state index contributed by atoms with van der Waals surface area (Å²) in [7, 11) is 1.58. The van der Waals surface area contributed by atoms with Gasteiger partial charge in [0.25, 0.3) is 0 Å². The zero-order valence-corrected chi connectivity index (χ0v) is 17.6. The van der Waals surface area contributed by atoms with Crippen LogP contribution in [0, 0.1) is 6.92 Å². The van der Waals surface area contributed by atoms with Gasteiger partial charge < -0.3 is 9.47 Å². The molecule has 3 rings (SSSR count). The SMILES string of the molecule is COc1ccc(Br)cc1C=CC(=O)c1ccc(OC(=O)c2ccc(C)cc2)cc1. The molecular weight excluding hydrogens is 432 g/mol. The third-order valence-corrected chi connectivity index (χ3v) is 4.74. The summed E-state index contributed by atoms with van der Waals surface area (Å²) < 4.78 is 11.6. The highest BCUT2D eigenvalue weighted by Crippen LogP contribution is 2.24. The highest BCUT2D eigenvalue weighted by Gasteiger charge is 2.09. The molecule has 0 fully saturated rings. The number of carbonyl (C=O) groups is 2. The van der Waals surface area contributed by atoms with E-state index in [0.717, 1.165) is 15.6 Å². The van der Waals surface area contributed by atoms with Gasteiger partial charge in [0.1, 0.15) is 11.5 Å². The molecule has 0 amide bonds. The Morgan fingerprint density at radius 1 is 0.897 bits per heavy atom. The minimum atomic E-state index is -0.439. The normalized spacial score (nSPS) is 10.7. The Bertz CT molecular complexity index is 1050. The van der Waals surface area contributed by atoms with Crippen molar-refractivity contribution >= 4 is 33.8 Å². The van der Waals surface area contributed by atoms with Gasteiger partial charge in [-0.25, -0.2) is 4.79 Å². The topological polar surface area (TPSA) is 52.6 Å². The van der Waals surface area contributed by atoms with Crippen molar-refractivity contribution in [2.45, 2.75) is 6.92 Å². The second-order valence-corrected chi connectivity index (χ2v) is 7.28. The van der Waals surface area contributed by atoms with E-state index in [0.29, 0.717) is 22.6 Å². The summed E-state index contributed by atoms with van der Waals surface area (Å²) in [6, 6.07) is 19.2. The van der Waals surface area contributed by atoms with E-state index in [4.69, 9.17) is 9.47 Å². The number of carbonyl (C=O) groups excluding carboxylic acids is 2. The van der Waals surface area contributed by atoms with Gasteiger partial charge in [0.05, 0.1) is 12.7 Å². The van der Waals surface area contributed by atoms with Crippen molar-refractivity contribution in [2.24, 2.45) is 0 Å². The molecule has 0 unspecified atom stereocenters. The molecule has 3 aromatic rings. The monoisotopic (exact) mass is 450 g/mol. The Morgan fingerprint density at radius 3 is 2.21 bits per heavy atom. The Morgan fingerprint density at radius 2 is 1.55 bits per heavy atom. The molecule has 5 heteroatoms. The third-order valence-electron chi connectivity index (χ3n) is 4.24. The number of ether oxygens (including phenoxy) is 2. The molecule has 0 atom stereocenters. The summed E-state index contributed by atoms with van der Waals surface area (Å²) in [5.41, 5.74) is 2.82. The van der Waals surface area contributed by atoms with Crippen molar-refractivity contribution in [1.82, 2.24) is 0 Å². The van der Waals surface area contributed by atoms with Gasteiger partial charge in [0.15, 0.2) is 5.78 Å². The second-order valence-electron chi connectivity index (χ2n) is 6.36. The van der Waals surface area contributed by atoms with Crippen molar-refractivity contribution in [3.63, 3.8) is 0 Å². The molecular formula is C24H19BrO4. The molecule has 146 valence electrons. The van der Waals surface area contributed by atoms with E-state index >= 15 is 0 Å². The van der Waals surface area contributed by atoms with Crippen LogP contribution in [-0.2, 0) is 0 Å². The molecule has 0 heterocycles. The van der Waals surface area contributed by atoms with Crippen LogP contribution in [0.25, 0.3) is 6.08 Å². The van der Waals surface area contributed by atoms with Crippen LogP contribution in [0.15, 0.2) is 77.3 Å². The molecule has 0 aromatic heterocycles. The van der Waals surface area contributed by atoms with E-state index in [1.54, 1.807) is 49.6 Å². The van der Waals surface area contributed by atoms with Crippen LogP contribution in [0.1, 0.15) is 31.8 Å². The molecule has 3 aromatic carbocycles. The van der Waals surface area contributed by atoms with Gasteiger partial charge in [0, 0.05) is 15.6 Å². The molecule has 0 saturated heterocycles. The van der Waals surface area contributed by atoms with Gasteiger partial charge in [-0.15, -0.1) is 0 Å². The average molecular weight is 451 g/mol. The third kappa shape index (κ3) is 5.42. The summed E-state index contributed by atoms with van der Waals surface area (Å²) in [5, 5.41) is 0. The van der Waals surface area contributed by atoms with E-state index in [2.05, 4.69) is 15.9 Å².